The van der Waals surface area contributed by atoms with Gasteiger partial charge in [0.1, 0.15) is 17.6 Å². The molecule has 0 fully saturated rings. The van der Waals surface area contributed by atoms with E-state index in [0.717, 1.165) is 11.3 Å². The Balaban J connectivity index is 2.21. The number of nitrogens with zero attached hydrogens (tertiary/aromatic N) is 2. The molecule has 7 heteroatoms. The van der Waals surface area contributed by atoms with Gasteiger partial charge in [-0.2, -0.15) is 0 Å². The number of carbonyl (C=O) groups excluding carboxylic acids is 1. The molecule has 124 valence electrons. The zero-order valence-electron chi connectivity index (χ0n) is 13.5. The maximum Gasteiger partial charge on any atom is 0.315 e. The number of methoxy groups -OCH3 is 1. The number of carbonyl (C=O) groups is 1. The van der Waals surface area contributed by atoms with Gasteiger partial charge in [-0.05, 0) is 24.6 Å². The molecule has 0 saturated heterocycles. The maximum absolute atomic E-state index is 12.1. The third-order valence-electron chi connectivity index (χ3n) is 3.40. The predicted molar refractivity (Wildman–Crippen MR) is 86.3 cm³/mol. The van der Waals surface area contributed by atoms with Gasteiger partial charge in [0.25, 0.3) is 0 Å². The van der Waals surface area contributed by atoms with E-state index in [9.17, 15) is 9.90 Å². The van der Waals surface area contributed by atoms with Crippen molar-refractivity contribution in [2.45, 2.75) is 19.1 Å². The number of benzene rings is 1. The van der Waals surface area contributed by atoms with E-state index in [1.54, 1.807) is 20.2 Å². The van der Waals surface area contributed by atoms with Gasteiger partial charge in [0, 0.05) is 26.0 Å². The fourth-order valence-corrected chi connectivity index (χ4v) is 2.17. The fraction of sp³-hybridized carbons (Fsp3) is 0.375. The van der Waals surface area contributed by atoms with Crippen LogP contribution in [0.2, 0.25) is 0 Å². The molecule has 2 amide bonds. The molecule has 0 aliphatic heterocycles. The molecule has 2 atom stereocenters. The number of aliphatic hydroxyl groups is 1. The summed E-state index contributed by atoms with van der Waals surface area (Å²) in [6.45, 7) is 1.79. The molecule has 2 rings (SSSR count). The number of ether oxygens (including phenoxy) is 1. The average molecular weight is 318 g/mol. The van der Waals surface area contributed by atoms with E-state index < -0.39 is 12.1 Å². The molecule has 0 aliphatic carbocycles. The second kappa shape index (κ2) is 7.64. The van der Waals surface area contributed by atoms with Crippen LogP contribution < -0.4 is 15.4 Å². The smallest absolute Gasteiger partial charge is 0.315 e. The summed E-state index contributed by atoms with van der Waals surface area (Å²) in [5.41, 5.74) is 0.882. The van der Waals surface area contributed by atoms with Crippen LogP contribution in [0.15, 0.2) is 36.7 Å². The lowest BCUT2D eigenvalue weighted by Crippen LogP contribution is -2.41. The van der Waals surface area contributed by atoms with Crippen LogP contribution in [0.25, 0.3) is 0 Å². The van der Waals surface area contributed by atoms with Gasteiger partial charge in [-0.3, -0.25) is 0 Å². The minimum Gasteiger partial charge on any atom is -0.497 e. The first-order valence-electron chi connectivity index (χ1n) is 7.35. The monoisotopic (exact) mass is 318 g/mol. The number of rotatable bonds is 6. The van der Waals surface area contributed by atoms with Crippen LogP contribution in [-0.4, -0.2) is 40.4 Å². The minimum atomic E-state index is -0.603. The molecule has 2 aromatic rings. The normalized spacial score (nSPS) is 13.2. The van der Waals surface area contributed by atoms with E-state index in [0.29, 0.717) is 5.82 Å². The number of urea groups is 1. The summed E-state index contributed by atoms with van der Waals surface area (Å²) in [4.78, 5) is 16.4. The van der Waals surface area contributed by atoms with Crippen LogP contribution >= 0.6 is 0 Å². The molecule has 3 N–H and O–H groups in total. The molecule has 0 unspecified atom stereocenters. The van der Waals surface area contributed by atoms with Gasteiger partial charge in [0.15, 0.2) is 0 Å². The quantitative estimate of drug-likeness (QED) is 0.747. The van der Waals surface area contributed by atoms with Gasteiger partial charge in [0.05, 0.1) is 13.2 Å². The van der Waals surface area contributed by atoms with Crippen molar-refractivity contribution in [3.05, 3.63) is 48.0 Å². The predicted octanol–water partition coefficient (Wildman–Crippen LogP) is 1.20. The highest BCUT2D eigenvalue weighted by atomic mass is 16.5. The summed E-state index contributed by atoms with van der Waals surface area (Å²) in [5, 5.41) is 14.8. The number of hydrogen-bond acceptors (Lipinski definition) is 4. The zero-order valence-corrected chi connectivity index (χ0v) is 13.5. The molecule has 0 saturated carbocycles. The lowest BCUT2D eigenvalue weighted by atomic mass is 10.1. The van der Waals surface area contributed by atoms with Crippen LogP contribution in [0.4, 0.5) is 4.79 Å². The topological polar surface area (TPSA) is 88.4 Å². The summed E-state index contributed by atoms with van der Waals surface area (Å²) in [6.07, 6.45) is 2.90. The fourth-order valence-electron chi connectivity index (χ4n) is 2.17. The second-order valence-electron chi connectivity index (χ2n) is 5.31. The summed E-state index contributed by atoms with van der Waals surface area (Å²) in [7, 11) is 3.47. The number of hydrogen-bond donors (Lipinski definition) is 3. The molecular formula is C16H22N4O3. The van der Waals surface area contributed by atoms with Crippen LogP contribution in [0.1, 0.15) is 24.4 Å². The highest BCUT2D eigenvalue weighted by molar-refractivity contribution is 5.74. The Kier molecular flexibility index (Phi) is 5.59. The van der Waals surface area contributed by atoms with Gasteiger partial charge in [-0.1, -0.05) is 12.1 Å². The molecule has 0 bridgehead atoms. The van der Waals surface area contributed by atoms with Crippen molar-refractivity contribution in [2.75, 3.05) is 13.7 Å². The Hall–Kier alpha value is -2.54. The summed E-state index contributed by atoms with van der Waals surface area (Å²) >= 11 is 0. The number of aryl methyl sites for hydroxylation is 1. The first-order chi connectivity index (χ1) is 11.0. The number of nitrogens with one attached hydrogen (secondary N) is 2. The second-order valence-corrected chi connectivity index (χ2v) is 5.31. The maximum atomic E-state index is 12.1. The van der Waals surface area contributed by atoms with Crippen molar-refractivity contribution in [1.82, 2.24) is 20.2 Å². The van der Waals surface area contributed by atoms with Crippen molar-refractivity contribution >= 4 is 6.03 Å². The molecular weight excluding hydrogens is 296 g/mol. The first kappa shape index (κ1) is 16.8. The molecule has 7 nitrogen and oxygen atoms in total. The number of aliphatic hydroxyl groups excluding tert-OH is 1. The Bertz CT molecular complexity index is 637. The summed E-state index contributed by atoms with van der Waals surface area (Å²) in [6, 6.07) is 6.66. The molecule has 1 heterocycles. The van der Waals surface area contributed by atoms with Gasteiger partial charge in [0.2, 0.25) is 0 Å². The zero-order chi connectivity index (χ0) is 16.8. The van der Waals surface area contributed by atoms with E-state index in [1.807, 2.05) is 42.1 Å². The molecule has 0 spiro atoms. The van der Waals surface area contributed by atoms with E-state index in [-0.39, 0.29) is 12.6 Å². The van der Waals surface area contributed by atoms with Crippen molar-refractivity contribution in [1.29, 1.82) is 0 Å². The Morgan fingerprint density at radius 2 is 2.09 bits per heavy atom. The van der Waals surface area contributed by atoms with Gasteiger partial charge < -0.3 is 25.0 Å². The van der Waals surface area contributed by atoms with Crippen LogP contribution in [0.5, 0.6) is 5.75 Å². The van der Waals surface area contributed by atoms with Crippen molar-refractivity contribution < 1.29 is 14.6 Å². The number of imidazole rings is 1. The van der Waals surface area contributed by atoms with Crippen LogP contribution in [0, 0.1) is 0 Å². The Labute approximate surface area is 135 Å². The minimum absolute atomic E-state index is 0.182. The molecule has 0 aliphatic rings. The average Bonchev–Trinajstić information content (AvgIpc) is 2.96. The number of amides is 2. The van der Waals surface area contributed by atoms with E-state index >= 15 is 0 Å². The number of aromatic nitrogens is 2. The third kappa shape index (κ3) is 4.46. The van der Waals surface area contributed by atoms with Crippen molar-refractivity contribution in [3.63, 3.8) is 0 Å². The first-order valence-corrected chi connectivity index (χ1v) is 7.35. The lowest BCUT2D eigenvalue weighted by molar-refractivity contribution is 0.187. The van der Waals surface area contributed by atoms with Crippen LogP contribution in [-0.2, 0) is 7.05 Å². The standard InChI is InChI=1S/C16H22N4O3/c1-11(21)10-18-16(22)19-14(15-17-8-9-20(15)2)12-4-6-13(23-3)7-5-12/h4-9,11,14,21H,10H2,1-3H3,(H2,18,19,22)/t11-,14-/m1/s1. The van der Waals surface area contributed by atoms with Crippen molar-refractivity contribution in [3.8, 4) is 5.75 Å². The molecule has 23 heavy (non-hydrogen) atoms. The highest BCUT2D eigenvalue weighted by Crippen LogP contribution is 2.22. The largest absolute Gasteiger partial charge is 0.497 e. The van der Waals surface area contributed by atoms with E-state index in [1.165, 1.54) is 0 Å². The third-order valence-corrected chi connectivity index (χ3v) is 3.40. The lowest BCUT2D eigenvalue weighted by Gasteiger charge is -2.20. The van der Waals surface area contributed by atoms with Crippen LogP contribution in [0.3, 0.4) is 0 Å². The molecule has 0 radical (unpaired) electrons. The van der Waals surface area contributed by atoms with E-state index in [4.69, 9.17) is 4.74 Å². The van der Waals surface area contributed by atoms with Gasteiger partial charge >= 0.3 is 6.03 Å². The highest BCUT2D eigenvalue weighted by Gasteiger charge is 2.20. The summed E-state index contributed by atoms with van der Waals surface area (Å²) in [5.74, 6) is 1.45. The van der Waals surface area contributed by atoms with Gasteiger partial charge in [-0.25, -0.2) is 9.78 Å². The molecule has 1 aromatic carbocycles. The Morgan fingerprint density at radius 3 is 2.61 bits per heavy atom. The molecule has 1 aromatic heterocycles. The van der Waals surface area contributed by atoms with E-state index in [2.05, 4.69) is 15.6 Å². The van der Waals surface area contributed by atoms with Crippen molar-refractivity contribution in [2.24, 2.45) is 7.05 Å². The summed E-state index contributed by atoms with van der Waals surface area (Å²) < 4.78 is 7.01. The SMILES string of the molecule is COc1ccc([C@@H](NC(=O)NC[C@@H](C)O)c2nccn2C)cc1. The van der Waals surface area contributed by atoms with Gasteiger partial charge in [-0.15, -0.1) is 0 Å². The Morgan fingerprint density at radius 1 is 1.39 bits per heavy atom.